The van der Waals surface area contributed by atoms with Crippen LogP contribution in [0.3, 0.4) is 0 Å². The molecule has 0 aliphatic carbocycles. The molecule has 4 nitrogen and oxygen atoms in total. The van der Waals surface area contributed by atoms with Gasteiger partial charge >= 0.3 is 11.9 Å². The Kier molecular flexibility index (Phi) is 5.11. The van der Waals surface area contributed by atoms with Gasteiger partial charge in [0.2, 0.25) is 0 Å². The molecule has 0 heterocycles. The van der Waals surface area contributed by atoms with Crippen LogP contribution in [-0.4, -0.2) is 26.2 Å². The zero-order valence-corrected chi connectivity index (χ0v) is 8.49. The van der Waals surface area contributed by atoms with Crippen molar-refractivity contribution in [3.8, 4) is 0 Å². The highest BCUT2D eigenvalue weighted by Gasteiger charge is 2.26. The average Bonchev–Trinajstić information content (AvgIpc) is 2.11. The number of carbonyl (C=O) groups is 2. The van der Waals surface area contributed by atoms with Crippen molar-refractivity contribution in [3.63, 3.8) is 0 Å². The van der Waals surface area contributed by atoms with Crippen molar-refractivity contribution in [1.29, 1.82) is 0 Å². The molecule has 0 aromatic rings. The van der Waals surface area contributed by atoms with E-state index in [2.05, 4.69) is 9.47 Å². The highest BCUT2D eigenvalue weighted by molar-refractivity contribution is 5.79. The molecule has 4 heteroatoms. The molecule has 13 heavy (non-hydrogen) atoms. The van der Waals surface area contributed by atoms with Crippen LogP contribution in [0.25, 0.3) is 0 Å². The van der Waals surface area contributed by atoms with Gasteiger partial charge in [-0.05, 0) is 5.92 Å². The van der Waals surface area contributed by atoms with Crippen molar-refractivity contribution in [3.05, 3.63) is 0 Å². The molecule has 0 aliphatic heterocycles. The molecule has 0 rings (SSSR count). The van der Waals surface area contributed by atoms with Gasteiger partial charge in [-0.15, -0.1) is 0 Å². The quantitative estimate of drug-likeness (QED) is 0.617. The standard InChI is InChI=1S/C9H16O4/c1-6(2)7(9(11)13-4)5-8(10)12-3/h6-7H,5H2,1-4H3/t7-/m1/s1. The fourth-order valence-corrected chi connectivity index (χ4v) is 1.01. The molecule has 0 spiro atoms. The number of hydrogen-bond acceptors (Lipinski definition) is 4. The van der Waals surface area contributed by atoms with Gasteiger partial charge in [-0.25, -0.2) is 0 Å². The Labute approximate surface area is 78.2 Å². The predicted octanol–water partition coefficient (Wildman–Crippen LogP) is 0.995. The fraction of sp³-hybridized carbons (Fsp3) is 0.778. The summed E-state index contributed by atoms with van der Waals surface area (Å²) < 4.78 is 9.05. The summed E-state index contributed by atoms with van der Waals surface area (Å²) in [5.74, 6) is -1.08. The van der Waals surface area contributed by atoms with E-state index in [1.165, 1.54) is 14.2 Å². The van der Waals surface area contributed by atoms with Crippen LogP contribution in [0.1, 0.15) is 20.3 Å². The van der Waals surface area contributed by atoms with Gasteiger partial charge in [0.15, 0.2) is 0 Å². The Hall–Kier alpha value is -1.06. The minimum Gasteiger partial charge on any atom is -0.469 e. The summed E-state index contributed by atoms with van der Waals surface area (Å²) in [6.07, 6.45) is 0.0842. The number of methoxy groups -OCH3 is 2. The monoisotopic (exact) mass is 188 g/mol. The second-order valence-electron chi connectivity index (χ2n) is 3.15. The van der Waals surface area contributed by atoms with Crippen LogP contribution in [0.15, 0.2) is 0 Å². The summed E-state index contributed by atoms with van der Waals surface area (Å²) in [6, 6.07) is 0. The van der Waals surface area contributed by atoms with Crippen LogP contribution in [0, 0.1) is 11.8 Å². The third-order valence-electron chi connectivity index (χ3n) is 1.92. The summed E-state index contributed by atoms with van der Waals surface area (Å²) in [7, 11) is 2.62. The summed E-state index contributed by atoms with van der Waals surface area (Å²) in [4.78, 5) is 22.1. The third-order valence-corrected chi connectivity index (χ3v) is 1.92. The molecular weight excluding hydrogens is 172 g/mol. The van der Waals surface area contributed by atoms with E-state index in [0.29, 0.717) is 0 Å². The molecule has 0 saturated heterocycles. The molecular formula is C9H16O4. The second-order valence-corrected chi connectivity index (χ2v) is 3.15. The highest BCUT2D eigenvalue weighted by atomic mass is 16.5. The molecule has 0 fully saturated rings. The van der Waals surface area contributed by atoms with E-state index in [1.54, 1.807) is 0 Å². The van der Waals surface area contributed by atoms with Gasteiger partial charge in [-0.2, -0.15) is 0 Å². The first-order valence-electron chi connectivity index (χ1n) is 4.17. The van der Waals surface area contributed by atoms with Crippen molar-refractivity contribution >= 4 is 11.9 Å². The normalized spacial score (nSPS) is 12.4. The van der Waals surface area contributed by atoms with E-state index in [4.69, 9.17) is 0 Å². The number of ether oxygens (including phenoxy) is 2. The van der Waals surface area contributed by atoms with Gasteiger partial charge in [0.05, 0.1) is 26.6 Å². The minimum atomic E-state index is -0.405. The molecule has 0 saturated carbocycles. The molecule has 76 valence electrons. The lowest BCUT2D eigenvalue weighted by Crippen LogP contribution is -2.25. The second kappa shape index (κ2) is 5.56. The van der Waals surface area contributed by atoms with Crippen LogP contribution in [-0.2, 0) is 19.1 Å². The average molecular weight is 188 g/mol. The third kappa shape index (κ3) is 3.92. The van der Waals surface area contributed by atoms with Crippen LogP contribution in [0.2, 0.25) is 0 Å². The number of carbonyl (C=O) groups excluding carboxylic acids is 2. The van der Waals surface area contributed by atoms with Crippen LogP contribution >= 0.6 is 0 Å². The Morgan fingerprint density at radius 3 is 2.00 bits per heavy atom. The van der Waals surface area contributed by atoms with Crippen molar-refractivity contribution in [1.82, 2.24) is 0 Å². The summed E-state index contributed by atoms with van der Waals surface area (Å²) in [6.45, 7) is 3.73. The van der Waals surface area contributed by atoms with Crippen LogP contribution < -0.4 is 0 Å². The molecule has 0 N–H and O–H groups in total. The van der Waals surface area contributed by atoms with Crippen LogP contribution in [0.4, 0.5) is 0 Å². The van der Waals surface area contributed by atoms with E-state index in [1.807, 2.05) is 13.8 Å². The highest BCUT2D eigenvalue weighted by Crippen LogP contribution is 2.17. The Morgan fingerprint density at radius 1 is 1.15 bits per heavy atom. The Morgan fingerprint density at radius 2 is 1.69 bits per heavy atom. The number of esters is 2. The minimum absolute atomic E-state index is 0.0755. The largest absolute Gasteiger partial charge is 0.469 e. The predicted molar refractivity (Wildman–Crippen MR) is 47.0 cm³/mol. The van der Waals surface area contributed by atoms with Gasteiger partial charge in [-0.1, -0.05) is 13.8 Å². The Balaban J connectivity index is 4.26. The fourth-order valence-electron chi connectivity index (χ4n) is 1.01. The molecule has 0 aromatic heterocycles. The van der Waals surface area contributed by atoms with Gasteiger partial charge in [-0.3, -0.25) is 9.59 Å². The van der Waals surface area contributed by atoms with E-state index < -0.39 is 5.92 Å². The smallest absolute Gasteiger partial charge is 0.309 e. The first-order valence-corrected chi connectivity index (χ1v) is 4.17. The molecule has 0 amide bonds. The summed E-state index contributed by atoms with van der Waals surface area (Å²) in [5.41, 5.74) is 0. The van der Waals surface area contributed by atoms with Crippen molar-refractivity contribution < 1.29 is 19.1 Å². The lowest BCUT2D eigenvalue weighted by Gasteiger charge is -2.16. The lowest BCUT2D eigenvalue weighted by atomic mass is 9.93. The number of hydrogen-bond donors (Lipinski definition) is 0. The van der Waals surface area contributed by atoms with Crippen molar-refractivity contribution in [2.24, 2.45) is 11.8 Å². The van der Waals surface area contributed by atoms with Gasteiger partial charge in [0, 0.05) is 0 Å². The molecule has 1 atom stereocenters. The lowest BCUT2D eigenvalue weighted by molar-refractivity contribution is -0.153. The maximum Gasteiger partial charge on any atom is 0.309 e. The Bertz CT molecular complexity index is 186. The SMILES string of the molecule is COC(=O)C[C@@H](C(=O)OC)C(C)C. The first-order chi connectivity index (χ1) is 6.02. The summed E-state index contributed by atoms with van der Waals surface area (Å²) in [5, 5.41) is 0. The van der Waals surface area contributed by atoms with Crippen LogP contribution in [0.5, 0.6) is 0 Å². The zero-order chi connectivity index (χ0) is 10.4. The number of rotatable bonds is 4. The van der Waals surface area contributed by atoms with E-state index in [-0.39, 0.29) is 24.3 Å². The molecule has 0 bridgehead atoms. The van der Waals surface area contributed by atoms with E-state index in [9.17, 15) is 9.59 Å². The molecule has 0 aromatic carbocycles. The van der Waals surface area contributed by atoms with E-state index >= 15 is 0 Å². The maximum atomic E-state index is 11.2. The zero-order valence-electron chi connectivity index (χ0n) is 8.49. The molecule has 0 radical (unpaired) electrons. The molecule has 0 unspecified atom stereocenters. The topological polar surface area (TPSA) is 52.6 Å². The molecule has 0 aliphatic rings. The first kappa shape index (κ1) is 11.9. The maximum absolute atomic E-state index is 11.2. The van der Waals surface area contributed by atoms with Crippen molar-refractivity contribution in [2.45, 2.75) is 20.3 Å². The van der Waals surface area contributed by atoms with Gasteiger partial charge in [0.25, 0.3) is 0 Å². The van der Waals surface area contributed by atoms with E-state index in [0.717, 1.165) is 0 Å². The summed E-state index contributed by atoms with van der Waals surface area (Å²) >= 11 is 0. The van der Waals surface area contributed by atoms with Gasteiger partial charge in [0.1, 0.15) is 0 Å². The van der Waals surface area contributed by atoms with Gasteiger partial charge < -0.3 is 9.47 Å². The van der Waals surface area contributed by atoms with Crippen molar-refractivity contribution in [2.75, 3.05) is 14.2 Å².